The van der Waals surface area contributed by atoms with Crippen molar-refractivity contribution in [1.82, 2.24) is 15.3 Å². The summed E-state index contributed by atoms with van der Waals surface area (Å²) in [7, 11) is 0. The predicted molar refractivity (Wildman–Crippen MR) is 58.1 cm³/mol. The topological polar surface area (TPSA) is 81.2 Å². The molecule has 0 saturated heterocycles. The highest BCUT2D eigenvalue weighted by molar-refractivity contribution is 5.98. The number of hydrogen-bond acceptors (Lipinski definition) is 5. The standard InChI is InChI=1S/C11H13N3O3/c1-2-17-10(16)11(3-4-11)14-9(15)8-5-12-7-13-6-8/h5-7H,2-4H2,1H3,(H,14,15). The molecule has 1 aromatic heterocycles. The summed E-state index contributed by atoms with van der Waals surface area (Å²) in [6.45, 7) is 2.05. The molecule has 6 nitrogen and oxygen atoms in total. The molecule has 1 aliphatic carbocycles. The fraction of sp³-hybridized carbons (Fsp3) is 0.455. The number of rotatable bonds is 4. The molecule has 0 bridgehead atoms. The van der Waals surface area contributed by atoms with Crippen molar-refractivity contribution in [3.63, 3.8) is 0 Å². The van der Waals surface area contributed by atoms with Gasteiger partial charge in [0.1, 0.15) is 11.9 Å². The lowest BCUT2D eigenvalue weighted by atomic mass is 10.2. The fourth-order valence-corrected chi connectivity index (χ4v) is 1.48. The van der Waals surface area contributed by atoms with Crippen LogP contribution < -0.4 is 5.32 Å². The molecule has 1 heterocycles. The molecule has 90 valence electrons. The maximum atomic E-state index is 11.8. The van der Waals surface area contributed by atoms with Crippen molar-refractivity contribution in [2.45, 2.75) is 25.3 Å². The molecule has 0 spiro atoms. The van der Waals surface area contributed by atoms with Crippen LogP contribution in [0.4, 0.5) is 0 Å². The maximum absolute atomic E-state index is 11.8. The average Bonchev–Trinajstić information content (AvgIpc) is 3.11. The molecule has 1 aromatic rings. The number of amides is 1. The summed E-state index contributed by atoms with van der Waals surface area (Å²) in [5.74, 6) is -0.721. The van der Waals surface area contributed by atoms with E-state index in [0.717, 1.165) is 0 Å². The van der Waals surface area contributed by atoms with Gasteiger partial charge in [0.05, 0.1) is 12.2 Å². The Bertz CT molecular complexity index is 429. The minimum absolute atomic E-state index is 0.310. The minimum atomic E-state index is -0.830. The normalized spacial score (nSPS) is 16.1. The van der Waals surface area contributed by atoms with Crippen LogP contribution in [0.25, 0.3) is 0 Å². The SMILES string of the molecule is CCOC(=O)C1(NC(=O)c2cncnc2)CC1. The predicted octanol–water partition coefficient (Wildman–Crippen LogP) is 0.302. The fourth-order valence-electron chi connectivity index (χ4n) is 1.48. The quantitative estimate of drug-likeness (QED) is 0.759. The summed E-state index contributed by atoms with van der Waals surface area (Å²) in [5.41, 5.74) is -0.494. The second-order valence-corrected chi connectivity index (χ2v) is 3.88. The lowest BCUT2D eigenvalue weighted by molar-refractivity contribution is -0.146. The highest BCUT2D eigenvalue weighted by atomic mass is 16.5. The van der Waals surface area contributed by atoms with Crippen molar-refractivity contribution >= 4 is 11.9 Å². The summed E-state index contributed by atoms with van der Waals surface area (Å²) >= 11 is 0. The molecule has 1 amide bonds. The molecule has 1 fully saturated rings. The number of ether oxygens (including phenoxy) is 1. The first-order valence-corrected chi connectivity index (χ1v) is 5.43. The lowest BCUT2D eigenvalue weighted by Crippen LogP contribution is -2.44. The summed E-state index contributed by atoms with van der Waals surface area (Å²) in [6.07, 6.45) is 5.39. The molecule has 2 rings (SSSR count). The Morgan fingerprint density at radius 3 is 2.59 bits per heavy atom. The second-order valence-electron chi connectivity index (χ2n) is 3.88. The third kappa shape index (κ3) is 2.41. The number of nitrogens with one attached hydrogen (secondary N) is 1. The van der Waals surface area contributed by atoms with Gasteiger partial charge in [-0.3, -0.25) is 4.79 Å². The number of nitrogens with zero attached hydrogens (tertiary/aromatic N) is 2. The van der Waals surface area contributed by atoms with Crippen LogP contribution in [0, 0.1) is 0 Å². The van der Waals surface area contributed by atoms with Gasteiger partial charge in [-0.05, 0) is 19.8 Å². The number of carbonyl (C=O) groups excluding carboxylic acids is 2. The molecule has 17 heavy (non-hydrogen) atoms. The van der Waals surface area contributed by atoms with Crippen LogP contribution in [0.3, 0.4) is 0 Å². The highest BCUT2D eigenvalue weighted by Gasteiger charge is 2.52. The zero-order valence-electron chi connectivity index (χ0n) is 9.47. The van der Waals surface area contributed by atoms with E-state index in [0.29, 0.717) is 25.0 Å². The van der Waals surface area contributed by atoms with Crippen molar-refractivity contribution in [1.29, 1.82) is 0 Å². The van der Waals surface area contributed by atoms with Crippen molar-refractivity contribution < 1.29 is 14.3 Å². The Labute approximate surface area is 98.4 Å². The zero-order valence-corrected chi connectivity index (χ0v) is 9.47. The van der Waals surface area contributed by atoms with Crippen LogP contribution in [-0.4, -0.2) is 34.0 Å². The molecule has 0 aromatic carbocycles. The van der Waals surface area contributed by atoms with E-state index in [4.69, 9.17) is 4.74 Å². The summed E-state index contributed by atoms with van der Waals surface area (Å²) < 4.78 is 4.92. The molecular weight excluding hydrogens is 222 g/mol. The monoisotopic (exact) mass is 235 g/mol. The van der Waals surface area contributed by atoms with Gasteiger partial charge in [0, 0.05) is 12.4 Å². The molecule has 6 heteroatoms. The number of hydrogen-bond donors (Lipinski definition) is 1. The van der Waals surface area contributed by atoms with Crippen molar-refractivity contribution in [2.24, 2.45) is 0 Å². The second kappa shape index (κ2) is 4.48. The van der Waals surface area contributed by atoms with E-state index >= 15 is 0 Å². The highest BCUT2D eigenvalue weighted by Crippen LogP contribution is 2.36. The van der Waals surface area contributed by atoms with Gasteiger partial charge < -0.3 is 10.1 Å². The van der Waals surface area contributed by atoms with Gasteiger partial charge in [0.15, 0.2) is 0 Å². The Morgan fingerprint density at radius 1 is 1.41 bits per heavy atom. The third-order valence-corrected chi connectivity index (χ3v) is 2.59. The van der Waals surface area contributed by atoms with Gasteiger partial charge in [-0.1, -0.05) is 0 Å². The van der Waals surface area contributed by atoms with Gasteiger partial charge in [-0.25, -0.2) is 14.8 Å². The Kier molecular flexibility index (Phi) is 3.03. The minimum Gasteiger partial charge on any atom is -0.464 e. The third-order valence-electron chi connectivity index (χ3n) is 2.59. The van der Waals surface area contributed by atoms with Crippen LogP contribution in [0.2, 0.25) is 0 Å². The van der Waals surface area contributed by atoms with E-state index in [2.05, 4.69) is 15.3 Å². The van der Waals surface area contributed by atoms with Crippen LogP contribution in [-0.2, 0) is 9.53 Å². The molecule has 1 saturated carbocycles. The van der Waals surface area contributed by atoms with Crippen LogP contribution in [0.15, 0.2) is 18.7 Å². The van der Waals surface area contributed by atoms with Crippen LogP contribution in [0.1, 0.15) is 30.1 Å². The first kappa shape index (κ1) is 11.5. The van der Waals surface area contributed by atoms with E-state index in [1.54, 1.807) is 6.92 Å². The maximum Gasteiger partial charge on any atom is 0.331 e. The van der Waals surface area contributed by atoms with E-state index in [1.165, 1.54) is 18.7 Å². The van der Waals surface area contributed by atoms with Crippen molar-refractivity contribution in [3.05, 3.63) is 24.3 Å². The van der Waals surface area contributed by atoms with E-state index < -0.39 is 5.54 Å². The first-order chi connectivity index (χ1) is 8.18. The summed E-state index contributed by atoms with van der Waals surface area (Å²) in [5, 5.41) is 2.67. The molecule has 0 atom stereocenters. The average molecular weight is 235 g/mol. The molecule has 1 aliphatic rings. The number of aromatic nitrogens is 2. The molecule has 0 aliphatic heterocycles. The van der Waals surface area contributed by atoms with Crippen molar-refractivity contribution in [2.75, 3.05) is 6.61 Å². The van der Waals surface area contributed by atoms with Crippen LogP contribution in [0.5, 0.6) is 0 Å². The Balaban J connectivity index is 2.02. The number of carbonyl (C=O) groups is 2. The molecule has 0 unspecified atom stereocenters. The van der Waals surface area contributed by atoms with E-state index in [-0.39, 0.29) is 11.9 Å². The molecular formula is C11H13N3O3. The van der Waals surface area contributed by atoms with Gasteiger partial charge in [-0.2, -0.15) is 0 Å². The van der Waals surface area contributed by atoms with Crippen LogP contribution >= 0.6 is 0 Å². The zero-order chi connectivity index (χ0) is 12.3. The Hall–Kier alpha value is -1.98. The van der Waals surface area contributed by atoms with Gasteiger partial charge in [-0.15, -0.1) is 0 Å². The Morgan fingerprint density at radius 2 is 2.06 bits per heavy atom. The van der Waals surface area contributed by atoms with Gasteiger partial charge >= 0.3 is 5.97 Å². The summed E-state index contributed by atoms with van der Waals surface area (Å²) in [6, 6.07) is 0. The summed E-state index contributed by atoms with van der Waals surface area (Å²) in [4.78, 5) is 30.9. The lowest BCUT2D eigenvalue weighted by Gasteiger charge is -2.15. The largest absolute Gasteiger partial charge is 0.464 e. The molecule has 0 radical (unpaired) electrons. The van der Waals surface area contributed by atoms with Gasteiger partial charge in [0.2, 0.25) is 0 Å². The smallest absolute Gasteiger partial charge is 0.331 e. The van der Waals surface area contributed by atoms with E-state index in [9.17, 15) is 9.59 Å². The van der Waals surface area contributed by atoms with E-state index in [1.807, 2.05) is 0 Å². The van der Waals surface area contributed by atoms with Crippen molar-refractivity contribution in [3.8, 4) is 0 Å². The van der Waals surface area contributed by atoms with Gasteiger partial charge in [0.25, 0.3) is 5.91 Å². The molecule has 1 N–H and O–H groups in total. The first-order valence-electron chi connectivity index (χ1n) is 5.43. The number of esters is 1.